The third-order valence-electron chi connectivity index (χ3n) is 4.64. The number of amidine groups is 1. The van der Waals surface area contributed by atoms with Crippen molar-refractivity contribution in [2.45, 2.75) is 0 Å². The van der Waals surface area contributed by atoms with E-state index in [-0.39, 0.29) is 11.5 Å². The van der Waals surface area contributed by atoms with Gasteiger partial charge in [-0.3, -0.25) is 9.69 Å². The summed E-state index contributed by atoms with van der Waals surface area (Å²) in [5.74, 6) is -0.317. The number of hydrogen-bond acceptors (Lipinski definition) is 6. The van der Waals surface area contributed by atoms with Gasteiger partial charge in [0.2, 0.25) is 0 Å². The molecule has 0 atom stereocenters. The smallest absolute Gasteiger partial charge is 0.335 e. The topological polar surface area (TPSA) is 79.2 Å². The highest BCUT2D eigenvalue weighted by Crippen LogP contribution is 2.35. The number of hydrogen-bond donors (Lipinski definition) is 1. The number of rotatable bonds is 5. The van der Waals surface area contributed by atoms with Gasteiger partial charge in [-0.1, -0.05) is 12.1 Å². The fourth-order valence-corrected chi connectivity index (χ4v) is 4.85. The first kappa shape index (κ1) is 20.9. The van der Waals surface area contributed by atoms with Crippen molar-refractivity contribution in [2.24, 2.45) is 4.99 Å². The van der Waals surface area contributed by atoms with Crippen molar-refractivity contribution in [3.8, 4) is 16.9 Å². The van der Waals surface area contributed by atoms with Crippen LogP contribution < -0.4 is 4.74 Å². The van der Waals surface area contributed by atoms with Gasteiger partial charge in [-0.2, -0.15) is 0 Å². The zero-order chi connectivity index (χ0) is 22.0. The van der Waals surface area contributed by atoms with Gasteiger partial charge in [0.1, 0.15) is 5.75 Å². The Kier molecular flexibility index (Phi) is 5.92. The maximum atomic E-state index is 12.7. The molecule has 1 aliphatic heterocycles. The summed E-state index contributed by atoms with van der Waals surface area (Å²) >= 11 is 2.86. The fraction of sp³-hybridized carbons (Fsp3) is 0.0870. The molecule has 1 saturated heterocycles. The molecular formula is C23H18N2O4S2. The van der Waals surface area contributed by atoms with E-state index in [1.165, 1.54) is 28.8 Å². The minimum atomic E-state index is -0.990. The lowest BCUT2D eigenvalue weighted by molar-refractivity contribution is -0.121. The molecule has 1 fully saturated rings. The predicted octanol–water partition coefficient (Wildman–Crippen LogP) is 5.36. The second kappa shape index (κ2) is 8.79. The van der Waals surface area contributed by atoms with E-state index >= 15 is 0 Å². The third-order valence-corrected chi connectivity index (χ3v) is 6.58. The van der Waals surface area contributed by atoms with Crippen molar-refractivity contribution in [2.75, 3.05) is 14.2 Å². The van der Waals surface area contributed by atoms with Crippen LogP contribution in [0.15, 0.2) is 69.9 Å². The molecule has 1 amide bonds. The molecule has 1 aliphatic rings. The molecule has 0 saturated carbocycles. The molecule has 1 aromatic heterocycles. The number of aromatic carboxylic acids is 1. The van der Waals surface area contributed by atoms with Gasteiger partial charge >= 0.3 is 5.97 Å². The number of thiophene rings is 1. The van der Waals surface area contributed by atoms with E-state index in [0.717, 1.165) is 21.8 Å². The maximum Gasteiger partial charge on any atom is 0.335 e. The maximum absolute atomic E-state index is 12.7. The van der Waals surface area contributed by atoms with E-state index in [9.17, 15) is 9.59 Å². The molecule has 0 aliphatic carbocycles. The van der Waals surface area contributed by atoms with Crippen LogP contribution in [0.4, 0.5) is 5.69 Å². The Balaban J connectivity index is 1.56. The highest BCUT2D eigenvalue weighted by Gasteiger charge is 2.30. The molecule has 8 heteroatoms. The Morgan fingerprint density at radius 3 is 2.61 bits per heavy atom. The van der Waals surface area contributed by atoms with E-state index in [1.807, 2.05) is 41.8 Å². The summed E-state index contributed by atoms with van der Waals surface area (Å²) in [6.07, 6.45) is 1.87. The summed E-state index contributed by atoms with van der Waals surface area (Å²) in [6.45, 7) is 0. The van der Waals surface area contributed by atoms with Gasteiger partial charge in [0.25, 0.3) is 5.91 Å². The molecule has 2 heterocycles. The average molecular weight is 451 g/mol. The molecule has 6 nitrogen and oxygen atoms in total. The van der Waals surface area contributed by atoms with Crippen molar-refractivity contribution >= 4 is 51.9 Å². The molecule has 0 radical (unpaired) electrons. The lowest BCUT2D eigenvalue weighted by Gasteiger charge is -2.07. The van der Waals surface area contributed by atoms with Crippen LogP contribution >= 0.6 is 23.1 Å². The van der Waals surface area contributed by atoms with Gasteiger partial charge in [0.05, 0.1) is 23.3 Å². The van der Waals surface area contributed by atoms with Crippen LogP contribution in [0.5, 0.6) is 5.75 Å². The number of carboxylic acid groups (broad SMARTS) is 1. The number of ether oxygens (including phenoxy) is 1. The highest BCUT2D eigenvalue weighted by atomic mass is 32.2. The van der Waals surface area contributed by atoms with Crippen LogP contribution in [0, 0.1) is 0 Å². The summed E-state index contributed by atoms with van der Waals surface area (Å²) in [5.41, 5.74) is 2.89. The molecule has 2 aromatic carbocycles. The fourth-order valence-electron chi connectivity index (χ4n) is 2.95. The van der Waals surface area contributed by atoms with Crippen LogP contribution in [0.1, 0.15) is 15.2 Å². The minimum absolute atomic E-state index is 0.123. The second-order valence-electron chi connectivity index (χ2n) is 6.69. The second-order valence-corrected chi connectivity index (χ2v) is 8.64. The number of likely N-dealkylation sites (N-methyl/N-ethyl adjacent to an activating group) is 1. The molecule has 31 heavy (non-hydrogen) atoms. The molecular weight excluding hydrogens is 432 g/mol. The van der Waals surface area contributed by atoms with E-state index in [1.54, 1.807) is 37.6 Å². The Hall–Kier alpha value is -3.36. The average Bonchev–Trinajstić information content (AvgIpc) is 3.35. The van der Waals surface area contributed by atoms with Gasteiger partial charge in [-0.15, -0.1) is 11.3 Å². The van der Waals surface area contributed by atoms with Crippen LogP contribution in [-0.4, -0.2) is 41.2 Å². The predicted molar refractivity (Wildman–Crippen MR) is 125 cm³/mol. The number of thioether (sulfide) groups is 1. The number of carbonyl (C=O) groups excluding carboxylic acids is 1. The Morgan fingerprint density at radius 1 is 1.13 bits per heavy atom. The Bertz CT molecular complexity index is 1210. The number of methoxy groups -OCH3 is 1. The van der Waals surface area contributed by atoms with E-state index < -0.39 is 5.97 Å². The highest BCUT2D eigenvalue weighted by molar-refractivity contribution is 8.18. The first-order valence-electron chi connectivity index (χ1n) is 9.27. The van der Waals surface area contributed by atoms with E-state index in [4.69, 9.17) is 9.84 Å². The number of carbonyl (C=O) groups is 2. The molecule has 4 rings (SSSR count). The van der Waals surface area contributed by atoms with Crippen LogP contribution in [0.3, 0.4) is 0 Å². The van der Waals surface area contributed by atoms with Crippen molar-refractivity contribution in [3.63, 3.8) is 0 Å². The molecule has 0 unspecified atom stereocenters. The largest absolute Gasteiger partial charge is 0.497 e. The van der Waals surface area contributed by atoms with Gasteiger partial charge in [-0.25, -0.2) is 9.79 Å². The normalized spacial score (nSPS) is 16.3. The van der Waals surface area contributed by atoms with Gasteiger partial charge < -0.3 is 9.84 Å². The Labute approximate surface area is 187 Å². The minimum Gasteiger partial charge on any atom is -0.497 e. The quantitative estimate of drug-likeness (QED) is 0.530. The summed E-state index contributed by atoms with van der Waals surface area (Å²) in [6, 6.07) is 16.1. The number of amides is 1. The van der Waals surface area contributed by atoms with Crippen molar-refractivity contribution in [1.29, 1.82) is 0 Å². The first-order chi connectivity index (χ1) is 14.9. The van der Waals surface area contributed by atoms with Gasteiger partial charge in [-0.05, 0) is 76.8 Å². The molecule has 0 bridgehead atoms. The lowest BCUT2D eigenvalue weighted by Crippen LogP contribution is -2.23. The monoisotopic (exact) mass is 450 g/mol. The number of benzene rings is 2. The van der Waals surface area contributed by atoms with Gasteiger partial charge in [0.15, 0.2) is 5.17 Å². The number of carboxylic acids is 1. The molecule has 3 aromatic rings. The van der Waals surface area contributed by atoms with Crippen molar-refractivity contribution < 1.29 is 19.4 Å². The summed E-state index contributed by atoms with van der Waals surface area (Å²) < 4.78 is 5.29. The summed E-state index contributed by atoms with van der Waals surface area (Å²) in [5, 5.41) is 11.6. The first-order valence-corrected chi connectivity index (χ1v) is 11.0. The van der Waals surface area contributed by atoms with Crippen molar-refractivity contribution in [1.82, 2.24) is 4.90 Å². The van der Waals surface area contributed by atoms with E-state index in [0.29, 0.717) is 15.8 Å². The van der Waals surface area contributed by atoms with Crippen molar-refractivity contribution in [3.05, 3.63) is 75.3 Å². The number of aliphatic imine (C=N–C) groups is 1. The van der Waals surface area contributed by atoms with Crippen LogP contribution in [0.25, 0.3) is 17.2 Å². The third kappa shape index (κ3) is 4.55. The van der Waals surface area contributed by atoms with Gasteiger partial charge in [0, 0.05) is 11.9 Å². The van der Waals surface area contributed by atoms with Crippen LogP contribution in [-0.2, 0) is 4.79 Å². The molecule has 1 N–H and O–H groups in total. The zero-order valence-corrected chi connectivity index (χ0v) is 18.4. The number of nitrogens with zero attached hydrogens (tertiary/aromatic N) is 2. The summed E-state index contributed by atoms with van der Waals surface area (Å²) in [4.78, 5) is 31.2. The lowest BCUT2D eigenvalue weighted by atomic mass is 10.1. The van der Waals surface area contributed by atoms with Crippen LogP contribution in [0.2, 0.25) is 0 Å². The van der Waals surface area contributed by atoms with E-state index in [2.05, 4.69) is 4.99 Å². The zero-order valence-electron chi connectivity index (χ0n) is 16.7. The molecule has 156 valence electrons. The molecule has 0 spiro atoms. The SMILES string of the molecule is COc1cccc(-c2csc(/C=C3\SC(=Nc4ccc(C(=O)O)cc4)N(C)C3=O)c2)c1. The Morgan fingerprint density at radius 2 is 1.90 bits per heavy atom. The standard InChI is InChI=1S/C23H18N2O4S2/c1-25-21(26)20(31-23(25)24-17-8-6-14(7-9-17)22(27)28)12-19-11-16(13-30-19)15-4-3-5-18(10-15)29-2/h3-13H,1-2H3,(H,27,28)/b20-12-,24-23?. The summed E-state index contributed by atoms with van der Waals surface area (Å²) in [7, 11) is 3.32.